The third-order valence-electron chi connectivity index (χ3n) is 3.64. The van der Waals surface area contributed by atoms with Crippen molar-refractivity contribution >= 4 is 22.8 Å². The van der Waals surface area contributed by atoms with Gasteiger partial charge in [-0.05, 0) is 18.9 Å². The Kier molecular flexibility index (Phi) is 4.96. The van der Waals surface area contributed by atoms with Gasteiger partial charge in [0.25, 0.3) is 0 Å². The van der Waals surface area contributed by atoms with E-state index < -0.39 is 11.6 Å². The summed E-state index contributed by atoms with van der Waals surface area (Å²) in [5.74, 6) is -1.24. The van der Waals surface area contributed by atoms with Gasteiger partial charge in [-0.15, -0.1) is 5.10 Å². The molecule has 0 aliphatic carbocycles. The summed E-state index contributed by atoms with van der Waals surface area (Å²) in [6.07, 6.45) is 3.80. The zero-order chi connectivity index (χ0) is 17.1. The highest BCUT2D eigenvalue weighted by Crippen LogP contribution is 2.28. The molecule has 1 N–H and O–H groups in total. The minimum absolute atomic E-state index is 0.000359. The monoisotopic (exact) mass is 350 g/mol. The van der Waals surface area contributed by atoms with Crippen LogP contribution in [0.5, 0.6) is 0 Å². The second-order valence-corrected chi connectivity index (χ2v) is 6.02. The predicted molar refractivity (Wildman–Crippen MR) is 89.8 cm³/mol. The second kappa shape index (κ2) is 7.14. The lowest BCUT2D eigenvalue weighted by Crippen LogP contribution is -2.17. The molecule has 0 radical (unpaired) electrons. The minimum Gasteiger partial charge on any atom is -0.377 e. The quantitative estimate of drug-likeness (QED) is 0.860. The fourth-order valence-electron chi connectivity index (χ4n) is 2.47. The fourth-order valence-corrected chi connectivity index (χ4v) is 2.55. The van der Waals surface area contributed by atoms with Crippen LogP contribution in [0.2, 0.25) is 0 Å². The lowest BCUT2D eigenvalue weighted by molar-refractivity contribution is 0.161. The Balaban J connectivity index is 1.87. The van der Waals surface area contributed by atoms with E-state index in [1.807, 2.05) is 0 Å². The number of benzene rings is 1. The van der Waals surface area contributed by atoms with E-state index in [9.17, 15) is 8.78 Å². The average molecular weight is 350 g/mol. The van der Waals surface area contributed by atoms with E-state index in [0.29, 0.717) is 42.4 Å². The lowest BCUT2D eigenvalue weighted by Gasteiger charge is -2.15. The number of nitrogens with one attached hydrogen (secondary N) is 1. The predicted octanol–water partition coefficient (Wildman–Crippen LogP) is 2.79. The molecular weight excluding hydrogens is 334 g/mol. The molecular formula is C16H16F2N4OS. The normalized spacial score (nSPS) is 14.4. The van der Waals surface area contributed by atoms with Crippen molar-refractivity contribution in [2.45, 2.75) is 19.9 Å². The third-order valence-corrected chi connectivity index (χ3v) is 3.78. The van der Waals surface area contributed by atoms with E-state index in [2.05, 4.69) is 15.6 Å². The molecule has 0 saturated heterocycles. The topological polar surface area (TPSA) is 52.0 Å². The van der Waals surface area contributed by atoms with E-state index in [1.54, 1.807) is 19.2 Å². The number of ether oxygens (including phenoxy) is 1. The molecule has 24 heavy (non-hydrogen) atoms. The highest BCUT2D eigenvalue weighted by Gasteiger charge is 2.18. The Morgan fingerprint density at radius 2 is 2.12 bits per heavy atom. The molecule has 2 heterocycles. The third kappa shape index (κ3) is 3.65. The van der Waals surface area contributed by atoms with Gasteiger partial charge >= 0.3 is 0 Å². The van der Waals surface area contributed by atoms with Crippen LogP contribution in [0.15, 0.2) is 24.4 Å². The summed E-state index contributed by atoms with van der Waals surface area (Å²) in [6.45, 7) is 3.00. The van der Waals surface area contributed by atoms with Crippen LogP contribution < -0.4 is 5.32 Å². The van der Waals surface area contributed by atoms with Crippen LogP contribution in [0.1, 0.15) is 24.6 Å². The van der Waals surface area contributed by atoms with Crippen molar-refractivity contribution in [2.75, 3.05) is 13.2 Å². The zero-order valence-electron chi connectivity index (χ0n) is 13.1. The number of aromatic nitrogens is 3. The van der Waals surface area contributed by atoms with Crippen molar-refractivity contribution in [1.82, 2.24) is 20.3 Å². The molecule has 2 aromatic rings. The number of rotatable bonds is 4. The van der Waals surface area contributed by atoms with Crippen molar-refractivity contribution in [3.63, 3.8) is 0 Å². The first-order valence-corrected chi connectivity index (χ1v) is 7.87. The number of hydrogen-bond acceptors (Lipinski definition) is 4. The molecule has 1 aliphatic heterocycles. The van der Waals surface area contributed by atoms with Crippen molar-refractivity contribution in [3.8, 4) is 5.69 Å². The number of nitrogens with zero attached hydrogens (tertiary/aromatic N) is 3. The van der Waals surface area contributed by atoms with Gasteiger partial charge in [-0.2, -0.15) is 0 Å². The summed E-state index contributed by atoms with van der Waals surface area (Å²) in [5.41, 5.74) is 1.53. The Labute approximate surface area is 143 Å². The van der Waals surface area contributed by atoms with Crippen LogP contribution in [0.25, 0.3) is 11.3 Å². The summed E-state index contributed by atoms with van der Waals surface area (Å²) in [5, 5.41) is 10.8. The first-order valence-electron chi connectivity index (χ1n) is 7.47. The Morgan fingerprint density at radius 1 is 1.38 bits per heavy atom. The minimum atomic E-state index is -0.622. The molecule has 0 amide bonds. The molecule has 126 valence electrons. The summed E-state index contributed by atoms with van der Waals surface area (Å²) in [4.78, 5) is 0.635. The van der Waals surface area contributed by atoms with Crippen molar-refractivity contribution in [3.05, 3.63) is 47.3 Å². The van der Waals surface area contributed by atoms with Crippen LogP contribution in [-0.2, 0) is 11.3 Å². The number of hydrogen-bond donors (Lipinski definition) is 1. The Hall–Kier alpha value is -2.19. The molecule has 0 spiro atoms. The first-order chi connectivity index (χ1) is 11.5. The van der Waals surface area contributed by atoms with E-state index in [0.717, 1.165) is 0 Å². The van der Waals surface area contributed by atoms with Gasteiger partial charge in [0.1, 0.15) is 17.3 Å². The molecule has 0 fully saturated rings. The summed E-state index contributed by atoms with van der Waals surface area (Å²) in [7, 11) is 0. The summed E-state index contributed by atoms with van der Waals surface area (Å²) < 4.78 is 35.4. The van der Waals surface area contributed by atoms with Gasteiger partial charge in [0, 0.05) is 17.7 Å². The van der Waals surface area contributed by atoms with Gasteiger partial charge < -0.3 is 10.1 Å². The van der Waals surface area contributed by atoms with E-state index >= 15 is 0 Å². The number of halogens is 2. The van der Waals surface area contributed by atoms with E-state index in [1.165, 1.54) is 16.8 Å². The Bertz CT molecular complexity index is 780. The standard InChI is InChI=1S/C16H16F2N4OS/c1-10(24)19-8-12-9-22(21-20-12)13-6-14(17)16(15(18)7-13)11-2-4-23-5-3-11/h2,6-7,9H,3-5,8H2,1H3,(H,19,24). The Morgan fingerprint density at radius 3 is 2.75 bits per heavy atom. The molecule has 1 aromatic heterocycles. The van der Waals surface area contributed by atoms with Gasteiger partial charge in [0.05, 0.1) is 36.6 Å². The van der Waals surface area contributed by atoms with Crippen LogP contribution in [0.3, 0.4) is 0 Å². The molecule has 3 rings (SSSR count). The van der Waals surface area contributed by atoms with Crippen LogP contribution >= 0.6 is 12.2 Å². The molecule has 0 bridgehead atoms. The molecule has 5 nitrogen and oxygen atoms in total. The van der Waals surface area contributed by atoms with Crippen LogP contribution in [0.4, 0.5) is 8.78 Å². The zero-order valence-corrected chi connectivity index (χ0v) is 13.9. The number of thiocarbonyl (C=S) groups is 1. The van der Waals surface area contributed by atoms with E-state index in [4.69, 9.17) is 17.0 Å². The molecule has 0 saturated carbocycles. The van der Waals surface area contributed by atoms with Crippen molar-refractivity contribution < 1.29 is 13.5 Å². The van der Waals surface area contributed by atoms with Crippen LogP contribution in [-0.4, -0.2) is 33.2 Å². The highest BCUT2D eigenvalue weighted by molar-refractivity contribution is 7.80. The molecule has 0 atom stereocenters. The van der Waals surface area contributed by atoms with Gasteiger partial charge in [-0.25, -0.2) is 13.5 Å². The first kappa shape index (κ1) is 16.7. The van der Waals surface area contributed by atoms with E-state index in [-0.39, 0.29) is 11.3 Å². The maximum absolute atomic E-state index is 14.4. The molecule has 8 heteroatoms. The SMILES string of the molecule is CC(=S)NCc1cn(-c2cc(F)c(C3=CCOCC3)c(F)c2)nn1. The van der Waals surface area contributed by atoms with Gasteiger partial charge in [-0.1, -0.05) is 23.5 Å². The van der Waals surface area contributed by atoms with Gasteiger partial charge in [0.15, 0.2) is 0 Å². The maximum atomic E-state index is 14.4. The van der Waals surface area contributed by atoms with Crippen molar-refractivity contribution in [2.24, 2.45) is 0 Å². The molecule has 0 unspecified atom stereocenters. The lowest BCUT2D eigenvalue weighted by atomic mass is 10.00. The fraction of sp³-hybridized carbons (Fsp3) is 0.312. The summed E-state index contributed by atoms with van der Waals surface area (Å²) >= 11 is 4.93. The van der Waals surface area contributed by atoms with Crippen LogP contribution in [0, 0.1) is 11.6 Å². The second-order valence-electron chi connectivity index (χ2n) is 5.40. The van der Waals surface area contributed by atoms with Crippen molar-refractivity contribution in [1.29, 1.82) is 0 Å². The van der Waals surface area contributed by atoms with Gasteiger partial charge in [-0.3, -0.25) is 0 Å². The van der Waals surface area contributed by atoms with Gasteiger partial charge in [0.2, 0.25) is 0 Å². The largest absolute Gasteiger partial charge is 0.377 e. The highest BCUT2D eigenvalue weighted by atomic mass is 32.1. The summed E-state index contributed by atoms with van der Waals surface area (Å²) in [6, 6.07) is 2.51. The average Bonchev–Trinajstić information content (AvgIpc) is 3.02. The molecule has 1 aromatic carbocycles. The smallest absolute Gasteiger partial charge is 0.135 e. The molecule has 1 aliphatic rings. The maximum Gasteiger partial charge on any atom is 0.135 e.